The fourth-order valence-electron chi connectivity index (χ4n) is 2.04. The normalized spacial score (nSPS) is 12.6. The molecule has 6 heteroatoms. The molecular formula is C15H17BrN2OS2. The Bertz CT molecular complexity index is 612. The lowest BCUT2D eigenvalue weighted by Crippen LogP contribution is -2.24. The molecule has 0 saturated heterocycles. The van der Waals surface area contributed by atoms with Crippen LogP contribution in [0.15, 0.2) is 40.2 Å². The van der Waals surface area contributed by atoms with Gasteiger partial charge in [-0.1, -0.05) is 36.5 Å². The molecule has 2 rings (SSSR count). The molecular weight excluding hydrogens is 368 g/mol. The Morgan fingerprint density at radius 3 is 2.62 bits per heavy atom. The number of nitrogens with two attached hydrogens (primary N) is 1. The van der Waals surface area contributed by atoms with Crippen molar-refractivity contribution in [2.24, 2.45) is 5.73 Å². The lowest BCUT2D eigenvalue weighted by Gasteiger charge is -2.20. The van der Waals surface area contributed by atoms with Gasteiger partial charge in [0, 0.05) is 33.4 Å². The molecule has 0 aliphatic rings. The standard InChI is InChI=1S/C15H17BrN2OS2/c1-18(7-13-6-12(16)9-21-13)8-14(19)10-2-4-11(5-3-10)15(17)20/h2-6,9,14,19H,7-8H2,1H3,(H2,17,20). The van der Waals surface area contributed by atoms with E-state index in [1.807, 2.05) is 31.3 Å². The highest BCUT2D eigenvalue weighted by Gasteiger charge is 2.12. The molecule has 0 aliphatic carbocycles. The number of likely N-dealkylation sites (N-methyl/N-ethyl adjacent to an activating group) is 1. The van der Waals surface area contributed by atoms with E-state index in [2.05, 4.69) is 32.3 Å². The number of aliphatic hydroxyl groups is 1. The molecule has 0 aliphatic heterocycles. The van der Waals surface area contributed by atoms with E-state index in [4.69, 9.17) is 18.0 Å². The number of benzene rings is 1. The Hall–Kier alpha value is -0.790. The molecule has 0 amide bonds. The molecule has 1 heterocycles. The van der Waals surface area contributed by atoms with Crippen LogP contribution in [0.25, 0.3) is 0 Å². The van der Waals surface area contributed by atoms with Gasteiger partial charge in [0.25, 0.3) is 0 Å². The second-order valence-corrected chi connectivity index (χ2v) is 7.28. The van der Waals surface area contributed by atoms with Crippen molar-refractivity contribution in [1.29, 1.82) is 0 Å². The second kappa shape index (κ2) is 7.47. The molecule has 1 aromatic carbocycles. The molecule has 112 valence electrons. The summed E-state index contributed by atoms with van der Waals surface area (Å²) < 4.78 is 1.10. The van der Waals surface area contributed by atoms with Crippen molar-refractivity contribution < 1.29 is 5.11 Å². The Morgan fingerprint density at radius 1 is 1.43 bits per heavy atom. The van der Waals surface area contributed by atoms with E-state index in [-0.39, 0.29) is 0 Å². The van der Waals surface area contributed by atoms with Crippen LogP contribution in [0.2, 0.25) is 0 Å². The summed E-state index contributed by atoms with van der Waals surface area (Å²) >= 11 is 10.1. The van der Waals surface area contributed by atoms with Crippen LogP contribution in [-0.2, 0) is 6.54 Å². The molecule has 0 bridgehead atoms. The van der Waals surface area contributed by atoms with E-state index in [1.165, 1.54) is 4.88 Å². The van der Waals surface area contributed by atoms with E-state index in [0.717, 1.165) is 22.1 Å². The third-order valence-electron chi connectivity index (χ3n) is 3.11. The first-order valence-electron chi connectivity index (χ1n) is 6.45. The fraction of sp³-hybridized carbons (Fsp3) is 0.267. The molecule has 1 atom stereocenters. The van der Waals surface area contributed by atoms with Crippen LogP contribution in [-0.4, -0.2) is 28.6 Å². The summed E-state index contributed by atoms with van der Waals surface area (Å²) in [5.41, 5.74) is 7.25. The lowest BCUT2D eigenvalue weighted by atomic mass is 10.1. The van der Waals surface area contributed by atoms with Gasteiger partial charge in [-0.15, -0.1) is 11.3 Å². The van der Waals surface area contributed by atoms with Crippen molar-refractivity contribution >= 4 is 44.5 Å². The predicted octanol–water partition coefficient (Wildman–Crippen LogP) is 3.31. The van der Waals surface area contributed by atoms with Gasteiger partial charge >= 0.3 is 0 Å². The fourth-order valence-corrected chi connectivity index (χ4v) is 3.70. The minimum atomic E-state index is -0.529. The highest BCUT2D eigenvalue weighted by molar-refractivity contribution is 9.10. The monoisotopic (exact) mass is 384 g/mol. The van der Waals surface area contributed by atoms with Gasteiger partial charge < -0.3 is 10.8 Å². The SMILES string of the molecule is CN(Cc1cc(Br)cs1)CC(O)c1ccc(C(N)=S)cc1. The molecule has 1 unspecified atom stereocenters. The van der Waals surface area contributed by atoms with E-state index >= 15 is 0 Å². The molecule has 0 saturated carbocycles. The molecule has 2 aromatic rings. The first-order valence-corrected chi connectivity index (χ1v) is 8.53. The molecule has 0 radical (unpaired) electrons. The highest BCUT2D eigenvalue weighted by Crippen LogP contribution is 2.22. The minimum Gasteiger partial charge on any atom is -0.389 e. The number of rotatable bonds is 6. The zero-order valence-corrected chi connectivity index (χ0v) is 14.8. The van der Waals surface area contributed by atoms with Crippen LogP contribution in [0.3, 0.4) is 0 Å². The summed E-state index contributed by atoms with van der Waals surface area (Å²) in [5.74, 6) is 0. The van der Waals surface area contributed by atoms with E-state index in [1.54, 1.807) is 11.3 Å². The van der Waals surface area contributed by atoms with Crippen LogP contribution in [0.4, 0.5) is 0 Å². The third-order valence-corrected chi connectivity index (χ3v) is 5.03. The first-order chi connectivity index (χ1) is 9.95. The number of nitrogens with zero attached hydrogens (tertiary/aromatic N) is 1. The van der Waals surface area contributed by atoms with Crippen molar-refractivity contribution in [3.05, 3.63) is 56.2 Å². The summed E-state index contributed by atoms with van der Waals surface area (Å²) in [7, 11) is 2.00. The van der Waals surface area contributed by atoms with Gasteiger partial charge in [0.1, 0.15) is 4.99 Å². The molecule has 0 fully saturated rings. The van der Waals surface area contributed by atoms with Crippen LogP contribution in [0.1, 0.15) is 22.1 Å². The average molecular weight is 385 g/mol. The summed E-state index contributed by atoms with van der Waals surface area (Å²) in [4.78, 5) is 3.74. The van der Waals surface area contributed by atoms with E-state index < -0.39 is 6.10 Å². The van der Waals surface area contributed by atoms with Crippen molar-refractivity contribution in [3.63, 3.8) is 0 Å². The lowest BCUT2D eigenvalue weighted by molar-refractivity contribution is 0.124. The number of halogens is 1. The van der Waals surface area contributed by atoms with Crippen molar-refractivity contribution in [1.82, 2.24) is 4.90 Å². The van der Waals surface area contributed by atoms with Crippen molar-refractivity contribution in [2.45, 2.75) is 12.6 Å². The van der Waals surface area contributed by atoms with Crippen LogP contribution >= 0.6 is 39.5 Å². The number of thiocarbonyl (C=S) groups is 1. The maximum absolute atomic E-state index is 10.3. The topological polar surface area (TPSA) is 49.5 Å². The van der Waals surface area contributed by atoms with E-state index in [0.29, 0.717) is 11.5 Å². The number of hydrogen-bond acceptors (Lipinski definition) is 4. The zero-order valence-electron chi connectivity index (χ0n) is 11.6. The molecule has 1 aromatic heterocycles. The Balaban J connectivity index is 1.93. The predicted molar refractivity (Wildman–Crippen MR) is 95.6 cm³/mol. The minimum absolute atomic E-state index is 0.372. The largest absolute Gasteiger partial charge is 0.389 e. The number of aliphatic hydroxyl groups excluding tert-OH is 1. The summed E-state index contributed by atoms with van der Waals surface area (Å²) in [6.45, 7) is 1.39. The maximum atomic E-state index is 10.3. The molecule has 3 N–H and O–H groups in total. The Kier molecular flexibility index (Phi) is 5.89. The third kappa shape index (κ3) is 4.86. The van der Waals surface area contributed by atoms with Gasteiger partial charge in [-0.05, 0) is 34.6 Å². The van der Waals surface area contributed by atoms with Gasteiger partial charge in [-0.2, -0.15) is 0 Å². The highest BCUT2D eigenvalue weighted by atomic mass is 79.9. The number of hydrogen-bond donors (Lipinski definition) is 2. The van der Waals surface area contributed by atoms with Gasteiger partial charge in [0.05, 0.1) is 6.10 Å². The van der Waals surface area contributed by atoms with Crippen LogP contribution in [0, 0.1) is 0 Å². The zero-order chi connectivity index (χ0) is 15.4. The average Bonchev–Trinajstić information content (AvgIpc) is 2.83. The van der Waals surface area contributed by atoms with Gasteiger partial charge in [0.15, 0.2) is 0 Å². The van der Waals surface area contributed by atoms with E-state index in [9.17, 15) is 5.11 Å². The van der Waals surface area contributed by atoms with Crippen LogP contribution in [0.5, 0.6) is 0 Å². The summed E-state index contributed by atoms with van der Waals surface area (Å²) in [5, 5.41) is 12.4. The quantitative estimate of drug-likeness (QED) is 0.750. The number of thiophene rings is 1. The molecule has 0 spiro atoms. The van der Waals surface area contributed by atoms with Gasteiger partial charge in [-0.25, -0.2) is 0 Å². The maximum Gasteiger partial charge on any atom is 0.103 e. The summed E-state index contributed by atoms with van der Waals surface area (Å²) in [6, 6.07) is 9.53. The smallest absolute Gasteiger partial charge is 0.103 e. The Labute approximate surface area is 142 Å². The molecule has 21 heavy (non-hydrogen) atoms. The Morgan fingerprint density at radius 2 is 2.10 bits per heavy atom. The summed E-state index contributed by atoms with van der Waals surface area (Å²) in [6.07, 6.45) is -0.529. The first kappa shape index (κ1) is 16.6. The molecule has 3 nitrogen and oxygen atoms in total. The van der Waals surface area contributed by atoms with Gasteiger partial charge in [-0.3, -0.25) is 4.90 Å². The second-order valence-electron chi connectivity index (χ2n) is 4.93. The van der Waals surface area contributed by atoms with Crippen molar-refractivity contribution in [3.8, 4) is 0 Å². The van der Waals surface area contributed by atoms with Crippen LogP contribution < -0.4 is 5.73 Å². The van der Waals surface area contributed by atoms with Crippen molar-refractivity contribution in [2.75, 3.05) is 13.6 Å². The van der Waals surface area contributed by atoms with Gasteiger partial charge in [0.2, 0.25) is 0 Å².